The number of benzene rings is 1. The zero-order chi connectivity index (χ0) is 15.4. The largest absolute Gasteiger partial charge is 0.355 e. The highest BCUT2D eigenvalue weighted by atomic mass is 79.9. The molecule has 0 bridgehead atoms. The summed E-state index contributed by atoms with van der Waals surface area (Å²) in [5.74, 6) is -0.383. The highest BCUT2D eigenvalue weighted by Gasteiger charge is 2.29. The molecule has 1 aromatic carbocycles. The number of alkyl halides is 1. The molecule has 0 spiro atoms. The van der Waals surface area contributed by atoms with E-state index in [-0.39, 0.29) is 23.9 Å². The molecule has 0 aliphatic heterocycles. The van der Waals surface area contributed by atoms with Crippen molar-refractivity contribution in [2.75, 3.05) is 11.9 Å². The normalized spacial score (nSPS) is 14.2. The van der Waals surface area contributed by atoms with Crippen LogP contribution in [0.1, 0.15) is 40.5 Å². The minimum Gasteiger partial charge on any atom is -0.355 e. The fourth-order valence-electron chi connectivity index (χ4n) is 2.37. The third-order valence-corrected chi connectivity index (χ3v) is 3.90. The third-order valence-electron chi connectivity index (χ3n) is 3.50. The minimum atomic E-state index is -0.143. The first-order chi connectivity index (χ1) is 10.1. The second-order valence-corrected chi connectivity index (χ2v) is 5.64. The van der Waals surface area contributed by atoms with Crippen molar-refractivity contribution < 1.29 is 14.4 Å². The molecule has 4 nitrogen and oxygen atoms in total. The molecule has 5 heteroatoms. The summed E-state index contributed by atoms with van der Waals surface area (Å²) in [5.41, 5.74) is 1.79. The molecule has 1 aromatic rings. The lowest BCUT2D eigenvalue weighted by Crippen LogP contribution is -2.26. The summed E-state index contributed by atoms with van der Waals surface area (Å²) in [5, 5.41) is 3.41. The van der Waals surface area contributed by atoms with Gasteiger partial charge in [-0.05, 0) is 13.3 Å². The van der Waals surface area contributed by atoms with Crippen LogP contribution in [-0.2, 0) is 4.79 Å². The van der Waals surface area contributed by atoms with Gasteiger partial charge in [0.05, 0.1) is 0 Å². The van der Waals surface area contributed by atoms with E-state index < -0.39 is 0 Å². The number of ketones is 2. The molecule has 21 heavy (non-hydrogen) atoms. The van der Waals surface area contributed by atoms with Crippen LogP contribution in [0.3, 0.4) is 0 Å². The maximum absolute atomic E-state index is 12.4. The first kappa shape index (κ1) is 15.6. The Morgan fingerprint density at radius 3 is 2.38 bits per heavy atom. The van der Waals surface area contributed by atoms with Gasteiger partial charge >= 0.3 is 0 Å². The zero-order valence-electron chi connectivity index (χ0n) is 11.7. The topological polar surface area (TPSA) is 63.2 Å². The van der Waals surface area contributed by atoms with Crippen molar-refractivity contribution in [1.29, 1.82) is 0 Å². The zero-order valence-corrected chi connectivity index (χ0v) is 13.3. The van der Waals surface area contributed by atoms with E-state index >= 15 is 0 Å². The fourth-order valence-corrected chi connectivity index (χ4v) is 2.56. The maximum atomic E-state index is 12.4. The van der Waals surface area contributed by atoms with E-state index in [9.17, 15) is 14.4 Å². The number of carbonyl (C=O) groups is 3. The van der Waals surface area contributed by atoms with Gasteiger partial charge in [0.2, 0.25) is 5.91 Å². The molecular formula is C16H16BrNO3. The Balaban J connectivity index is 2.17. The fraction of sp³-hybridized carbons (Fsp3) is 0.312. The summed E-state index contributed by atoms with van der Waals surface area (Å²) in [4.78, 5) is 36.4. The van der Waals surface area contributed by atoms with Gasteiger partial charge in [0.15, 0.2) is 11.6 Å². The summed E-state index contributed by atoms with van der Waals surface area (Å²) in [6.45, 7) is 2.20. The standard InChI is InChI=1S/C16H16BrNO3/c1-10-11(6-7-14(19)18-9-8-17)16(21)13-5-3-2-4-12(13)15(10)20/h2-5H,6-9H2,1H3,(H,18,19). The van der Waals surface area contributed by atoms with Crippen molar-refractivity contribution in [2.45, 2.75) is 19.8 Å². The average Bonchev–Trinajstić information content (AvgIpc) is 2.50. The molecule has 110 valence electrons. The van der Waals surface area contributed by atoms with Gasteiger partial charge in [-0.1, -0.05) is 40.2 Å². The van der Waals surface area contributed by atoms with E-state index in [1.54, 1.807) is 31.2 Å². The quantitative estimate of drug-likeness (QED) is 0.831. The lowest BCUT2D eigenvalue weighted by Gasteiger charge is -2.18. The first-order valence-corrected chi connectivity index (χ1v) is 7.89. The van der Waals surface area contributed by atoms with Crippen LogP contribution in [0, 0.1) is 0 Å². The molecule has 1 aliphatic rings. The first-order valence-electron chi connectivity index (χ1n) is 6.77. The second-order valence-electron chi connectivity index (χ2n) is 4.85. The molecule has 0 heterocycles. The van der Waals surface area contributed by atoms with Crippen molar-refractivity contribution in [1.82, 2.24) is 5.32 Å². The van der Waals surface area contributed by atoms with E-state index in [1.807, 2.05) is 0 Å². The highest BCUT2D eigenvalue weighted by molar-refractivity contribution is 9.09. The van der Waals surface area contributed by atoms with Gasteiger partial charge in [-0.3, -0.25) is 14.4 Å². The number of halogens is 1. The molecule has 0 atom stereocenters. The third kappa shape index (κ3) is 3.29. The summed E-state index contributed by atoms with van der Waals surface area (Å²) in [6.07, 6.45) is 0.500. The summed E-state index contributed by atoms with van der Waals surface area (Å²) in [6, 6.07) is 6.81. The number of Topliss-reactive ketones (excluding diaryl/α,β-unsaturated/α-hetero) is 2. The van der Waals surface area contributed by atoms with Gasteiger partial charge < -0.3 is 5.32 Å². The van der Waals surface area contributed by atoms with Gasteiger partial charge in [-0.25, -0.2) is 0 Å². The van der Waals surface area contributed by atoms with Crippen LogP contribution in [0.5, 0.6) is 0 Å². The molecule has 0 fully saturated rings. The van der Waals surface area contributed by atoms with E-state index in [2.05, 4.69) is 21.2 Å². The maximum Gasteiger partial charge on any atom is 0.220 e. The summed E-state index contributed by atoms with van der Waals surface area (Å²) >= 11 is 3.23. The van der Waals surface area contributed by atoms with Crippen molar-refractivity contribution >= 4 is 33.4 Å². The van der Waals surface area contributed by atoms with Crippen molar-refractivity contribution in [3.05, 3.63) is 46.5 Å². The van der Waals surface area contributed by atoms with Crippen LogP contribution in [0.2, 0.25) is 0 Å². The van der Waals surface area contributed by atoms with E-state index in [4.69, 9.17) is 0 Å². The molecule has 0 saturated carbocycles. The summed E-state index contributed by atoms with van der Waals surface area (Å²) < 4.78 is 0. The minimum absolute atomic E-state index is 0.117. The Labute approximate surface area is 131 Å². The number of rotatable bonds is 5. The number of hydrogen-bond donors (Lipinski definition) is 1. The molecule has 0 unspecified atom stereocenters. The van der Waals surface area contributed by atoms with E-state index in [0.717, 1.165) is 0 Å². The van der Waals surface area contributed by atoms with E-state index in [1.165, 1.54) is 0 Å². The number of allylic oxidation sites excluding steroid dienone is 2. The Hall–Kier alpha value is -1.75. The molecule has 1 N–H and O–H groups in total. The Bertz CT molecular complexity index is 634. The van der Waals surface area contributed by atoms with Crippen LogP contribution in [0.25, 0.3) is 0 Å². The average molecular weight is 350 g/mol. The van der Waals surface area contributed by atoms with Crippen molar-refractivity contribution in [3.63, 3.8) is 0 Å². The smallest absolute Gasteiger partial charge is 0.220 e. The Morgan fingerprint density at radius 1 is 1.14 bits per heavy atom. The van der Waals surface area contributed by atoms with Crippen LogP contribution in [0.15, 0.2) is 35.4 Å². The van der Waals surface area contributed by atoms with E-state index in [0.29, 0.717) is 40.6 Å². The summed E-state index contributed by atoms with van der Waals surface area (Å²) in [7, 11) is 0. The number of fused-ring (bicyclic) bond motifs is 1. The number of amides is 1. The lowest BCUT2D eigenvalue weighted by molar-refractivity contribution is -0.120. The van der Waals surface area contributed by atoms with Gasteiger partial charge in [0.25, 0.3) is 0 Å². The monoisotopic (exact) mass is 349 g/mol. The van der Waals surface area contributed by atoms with Crippen LogP contribution in [0.4, 0.5) is 0 Å². The molecule has 0 radical (unpaired) electrons. The van der Waals surface area contributed by atoms with Crippen LogP contribution >= 0.6 is 15.9 Å². The molecule has 0 saturated heterocycles. The number of nitrogens with one attached hydrogen (secondary N) is 1. The highest BCUT2D eigenvalue weighted by Crippen LogP contribution is 2.28. The van der Waals surface area contributed by atoms with Crippen molar-refractivity contribution in [3.8, 4) is 0 Å². The molecule has 1 amide bonds. The Morgan fingerprint density at radius 2 is 1.76 bits per heavy atom. The molecule has 1 aliphatic carbocycles. The second kappa shape index (κ2) is 6.80. The van der Waals surface area contributed by atoms with Crippen LogP contribution in [-0.4, -0.2) is 29.3 Å². The van der Waals surface area contributed by atoms with Gasteiger partial charge in [0, 0.05) is 40.6 Å². The van der Waals surface area contributed by atoms with Crippen molar-refractivity contribution in [2.24, 2.45) is 0 Å². The predicted octanol–water partition coefficient (Wildman–Crippen LogP) is 2.67. The van der Waals surface area contributed by atoms with Gasteiger partial charge in [0.1, 0.15) is 0 Å². The molecule has 2 rings (SSSR count). The SMILES string of the molecule is CC1=C(CCC(=O)NCCBr)C(=O)c2ccccc2C1=O. The number of carbonyl (C=O) groups excluding carboxylic acids is 3. The lowest BCUT2D eigenvalue weighted by atomic mass is 9.83. The van der Waals surface area contributed by atoms with Gasteiger partial charge in [-0.2, -0.15) is 0 Å². The van der Waals surface area contributed by atoms with Crippen LogP contribution < -0.4 is 5.32 Å². The Kier molecular flexibility index (Phi) is 5.07. The molecule has 0 aromatic heterocycles. The van der Waals surface area contributed by atoms with Gasteiger partial charge in [-0.15, -0.1) is 0 Å². The molecular weight excluding hydrogens is 334 g/mol. The number of hydrogen-bond acceptors (Lipinski definition) is 3. The predicted molar refractivity (Wildman–Crippen MR) is 83.8 cm³/mol.